The Labute approximate surface area is 236 Å². The van der Waals surface area contributed by atoms with E-state index >= 15 is 0 Å². The Kier molecular flexibility index (Phi) is 5.91. The number of carbonyl (C=O) groups is 1. The van der Waals surface area contributed by atoms with Gasteiger partial charge >= 0.3 is 5.97 Å². The fourth-order valence-electron chi connectivity index (χ4n) is 12.3. The fourth-order valence-corrected chi connectivity index (χ4v) is 12.3. The molecule has 5 aliphatic carbocycles. The van der Waals surface area contributed by atoms with E-state index in [0.29, 0.717) is 29.4 Å². The quantitative estimate of drug-likeness (QED) is 0.383. The monoisotopic (exact) mass is 530 g/mol. The third kappa shape index (κ3) is 3.37. The highest BCUT2D eigenvalue weighted by atomic mass is 16.4. The smallest absolute Gasteiger partial charge is 0.309 e. The number of phenolic OH excluding ortho intramolecular Hbond substituents is 1. The molecule has 0 heterocycles. The molecular formula is C36H50O3. The molecule has 4 saturated carbocycles. The highest BCUT2D eigenvalue weighted by Gasteiger charge is 2.71. The highest BCUT2D eigenvalue weighted by Crippen LogP contribution is 2.77. The van der Waals surface area contributed by atoms with Gasteiger partial charge in [0.15, 0.2) is 0 Å². The van der Waals surface area contributed by atoms with E-state index in [2.05, 4.69) is 66.3 Å². The number of carboxylic acids is 1. The molecule has 0 amide bonds. The topological polar surface area (TPSA) is 57.5 Å². The molecule has 6 rings (SSSR count). The lowest BCUT2D eigenvalue weighted by Crippen LogP contribution is -2.65. The number of aliphatic carboxylic acids is 1. The molecule has 1 aromatic rings. The van der Waals surface area contributed by atoms with Crippen molar-refractivity contribution in [2.45, 2.75) is 99.3 Å². The van der Waals surface area contributed by atoms with Crippen molar-refractivity contribution >= 4 is 11.5 Å². The molecule has 1 aromatic carbocycles. The summed E-state index contributed by atoms with van der Waals surface area (Å²) in [6.45, 7) is 19.3. The van der Waals surface area contributed by atoms with E-state index in [1.165, 1.54) is 36.0 Å². The van der Waals surface area contributed by atoms with Crippen LogP contribution in [0.15, 0.2) is 42.5 Å². The average Bonchev–Trinajstić information content (AvgIpc) is 3.27. The number of hydrogen-bond acceptors (Lipinski definition) is 2. The van der Waals surface area contributed by atoms with Crippen LogP contribution in [0.2, 0.25) is 0 Å². The van der Waals surface area contributed by atoms with Crippen molar-refractivity contribution in [3.8, 4) is 5.75 Å². The van der Waals surface area contributed by atoms with E-state index in [1.54, 1.807) is 0 Å². The maximum atomic E-state index is 12.9. The summed E-state index contributed by atoms with van der Waals surface area (Å²) in [5.74, 6) is 2.08. The van der Waals surface area contributed by atoms with Crippen LogP contribution in [0.4, 0.5) is 0 Å². The molecule has 4 fully saturated rings. The minimum atomic E-state index is -0.549. The number of carboxylic acid groups (broad SMARTS) is 1. The van der Waals surface area contributed by atoms with Gasteiger partial charge in [-0.2, -0.15) is 0 Å². The summed E-state index contributed by atoms with van der Waals surface area (Å²) in [6, 6.07) is 7.81. The predicted molar refractivity (Wildman–Crippen MR) is 158 cm³/mol. The number of aromatic hydroxyl groups is 1. The van der Waals surface area contributed by atoms with Crippen LogP contribution in [0.5, 0.6) is 5.75 Å². The van der Waals surface area contributed by atoms with Crippen LogP contribution in [0.3, 0.4) is 0 Å². The Morgan fingerprint density at radius 3 is 2.21 bits per heavy atom. The predicted octanol–water partition coefficient (Wildman–Crippen LogP) is 9.13. The van der Waals surface area contributed by atoms with Crippen LogP contribution in [0.1, 0.15) is 105 Å². The summed E-state index contributed by atoms with van der Waals surface area (Å²) >= 11 is 0. The van der Waals surface area contributed by atoms with E-state index in [1.807, 2.05) is 12.1 Å². The van der Waals surface area contributed by atoms with Crippen LogP contribution in [0.25, 0.3) is 5.57 Å². The standard InChI is InChI=1S/C36H50O3/c1-22(2)25-14-19-36(31(38)39)21-20-34(6)27(30(25)36)12-13-29-33(5)17-15-26(23-8-10-24(37)11-9-23)32(3,4)28(33)16-18-35(29,34)7/h8-11,15,25,27-30,37H,1,12-14,16-21H2,2-7H3,(H,38,39)/t25-,27+,28-,29+,30+,33?,34+,35+,36-/m0/s1. The van der Waals surface area contributed by atoms with Gasteiger partial charge in [0.1, 0.15) is 5.75 Å². The van der Waals surface area contributed by atoms with Gasteiger partial charge in [0.25, 0.3) is 0 Å². The van der Waals surface area contributed by atoms with E-state index in [9.17, 15) is 15.0 Å². The van der Waals surface area contributed by atoms with Crippen molar-refractivity contribution < 1.29 is 15.0 Å². The average molecular weight is 531 g/mol. The van der Waals surface area contributed by atoms with E-state index < -0.39 is 11.4 Å². The van der Waals surface area contributed by atoms with Crippen molar-refractivity contribution in [1.82, 2.24) is 0 Å². The van der Waals surface area contributed by atoms with Crippen LogP contribution in [0, 0.1) is 56.7 Å². The minimum Gasteiger partial charge on any atom is -0.508 e. The lowest BCUT2D eigenvalue weighted by atomic mass is 9.32. The fraction of sp³-hybridized carbons (Fsp3) is 0.694. The van der Waals surface area contributed by atoms with Crippen molar-refractivity contribution in [3.05, 3.63) is 48.1 Å². The summed E-state index contributed by atoms with van der Waals surface area (Å²) in [6.07, 6.45) is 12.2. The molecule has 3 heteroatoms. The number of benzene rings is 1. The number of fused-ring (bicyclic) bond motifs is 7. The molecule has 0 bridgehead atoms. The third-order valence-corrected chi connectivity index (χ3v) is 14.2. The SMILES string of the molecule is C=C(C)[C@@H]1CC[C@]2(C(=O)O)CC[C@]3(C)[C@H](CC[C@@H]4C5(C)CC=C(c6ccc(O)cc6)C(C)(C)[C@@H]5CC[C@]43C)[C@@H]12. The Morgan fingerprint density at radius 2 is 1.56 bits per heavy atom. The zero-order valence-electron chi connectivity index (χ0n) is 25.1. The lowest BCUT2D eigenvalue weighted by Gasteiger charge is -2.72. The second-order valence-electron chi connectivity index (χ2n) is 15.7. The van der Waals surface area contributed by atoms with Gasteiger partial charge in [0, 0.05) is 0 Å². The van der Waals surface area contributed by atoms with Gasteiger partial charge < -0.3 is 10.2 Å². The molecule has 2 N–H and O–H groups in total. The lowest BCUT2D eigenvalue weighted by molar-refractivity contribution is -0.227. The maximum Gasteiger partial charge on any atom is 0.309 e. The first-order valence-electron chi connectivity index (χ1n) is 15.6. The van der Waals surface area contributed by atoms with Crippen molar-refractivity contribution in [1.29, 1.82) is 0 Å². The maximum absolute atomic E-state index is 12.9. The second-order valence-corrected chi connectivity index (χ2v) is 15.7. The van der Waals surface area contributed by atoms with E-state index in [4.69, 9.17) is 0 Å². The van der Waals surface area contributed by atoms with Crippen molar-refractivity contribution in [2.75, 3.05) is 0 Å². The molecule has 39 heavy (non-hydrogen) atoms. The second kappa shape index (κ2) is 8.49. The molecule has 0 spiro atoms. The molecule has 9 atom stereocenters. The Morgan fingerprint density at radius 1 is 0.872 bits per heavy atom. The van der Waals surface area contributed by atoms with Gasteiger partial charge in [-0.25, -0.2) is 0 Å². The van der Waals surface area contributed by atoms with Crippen molar-refractivity contribution in [2.24, 2.45) is 56.7 Å². The van der Waals surface area contributed by atoms with E-state index in [0.717, 1.165) is 38.5 Å². The molecule has 5 aliphatic rings. The number of hydrogen-bond donors (Lipinski definition) is 2. The highest BCUT2D eigenvalue weighted by molar-refractivity contribution is 5.76. The zero-order chi connectivity index (χ0) is 28.2. The minimum absolute atomic E-state index is 0.0601. The third-order valence-electron chi connectivity index (χ3n) is 14.2. The van der Waals surface area contributed by atoms with Gasteiger partial charge in [0.2, 0.25) is 0 Å². The molecule has 0 saturated heterocycles. The zero-order valence-corrected chi connectivity index (χ0v) is 25.1. The van der Waals surface area contributed by atoms with Crippen LogP contribution < -0.4 is 0 Å². The first kappa shape index (κ1) is 27.2. The van der Waals surface area contributed by atoms with Gasteiger partial charge in [0.05, 0.1) is 5.41 Å². The first-order valence-corrected chi connectivity index (χ1v) is 15.6. The largest absolute Gasteiger partial charge is 0.508 e. The molecule has 1 unspecified atom stereocenters. The molecule has 0 aliphatic heterocycles. The molecule has 212 valence electrons. The number of phenols is 1. The normalized spacial score (nSPS) is 46.2. The molecular weight excluding hydrogens is 480 g/mol. The summed E-state index contributed by atoms with van der Waals surface area (Å²) in [4.78, 5) is 12.9. The molecule has 0 aromatic heterocycles. The Balaban J connectivity index is 1.39. The van der Waals surface area contributed by atoms with Gasteiger partial charge in [-0.1, -0.05) is 65.0 Å². The van der Waals surface area contributed by atoms with Crippen LogP contribution >= 0.6 is 0 Å². The Bertz CT molecular complexity index is 1220. The molecule has 3 nitrogen and oxygen atoms in total. The summed E-state index contributed by atoms with van der Waals surface area (Å²) in [5, 5.41) is 20.5. The van der Waals surface area contributed by atoms with Gasteiger partial charge in [-0.15, -0.1) is 0 Å². The van der Waals surface area contributed by atoms with Gasteiger partial charge in [-0.3, -0.25) is 4.79 Å². The summed E-state index contributed by atoms with van der Waals surface area (Å²) in [5.41, 5.74) is 4.01. The molecule has 0 radical (unpaired) electrons. The summed E-state index contributed by atoms with van der Waals surface area (Å²) < 4.78 is 0. The van der Waals surface area contributed by atoms with Crippen LogP contribution in [-0.4, -0.2) is 16.2 Å². The van der Waals surface area contributed by atoms with Gasteiger partial charge in [-0.05, 0) is 139 Å². The first-order chi connectivity index (χ1) is 18.2. The van der Waals surface area contributed by atoms with Crippen molar-refractivity contribution in [3.63, 3.8) is 0 Å². The number of allylic oxidation sites excluding steroid dienone is 3. The van der Waals surface area contributed by atoms with Crippen LogP contribution in [-0.2, 0) is 4.79 Å². The Hall–Kier alpha value is -2.03. The number of rotatable bonds is 3. The van der Waals surface area contributed by atoms with E-state index in [-0.39, 0.29) is 27.6 Å². The summed E-state index contributed by atoms with van der Waals surface area (Å²) in [7, 11) is 0.